The van der Waals surface area contributed by atoms with Crippen molar-refractivity contribution >= 4 is 38.9 Å². The fourth-order valence-corrected chi connectivity index (χ4v) is 3.78. The van der Waals surface area contributed by atoms with Crippen molar-refractivity contribution in [2.45, 2.75) is 4.90 Å². The molecule has 0 bridgehead atoms. The van der Waals surface area contributed by atoms with Crippen molar-refractivity contribution in [2.24, 2.45) is 0 Å². The van der Waals surface area contributed by atoms with Crippen molar-refractivity contribution < 1.29 is 22.7 Å². The second-order valence-electron chi connectivity index (χ2n) is 6.19. The molecule has 2 N–H and O–H groups in total. The zero-order chi connectivity index (χ0) is 21.7. The maximum absolute atomic E-state index is 12.5. The number of benzene rings is 3. The lowest BCUT2D eigenvalue weighted by Gasteiger charge is -2.11. The molecule has 0 aliphatic heterocycles. The third-order valence-electron chi connectivity index (χ3n) is 4.13. The third kappa shape index (κ3) is 5.22. The standard InChI is InChI=1S/C21H19ClN2O5S/c1-28-18-11-14(12-19(13-18)29-2)21(25)23-16-7-9-20(10-8-16)30(26,27)24-17-5-3-15(22)4-6-17/h3-13,24H,1-2H3,(H,23,25). The molecular formula is C21H19ClN2O5S. The number of sulfonamides is 1. The van der Waals surface area contributed by atoms with Gasteiger partial charge < -0.3 is 14.8 Å². The van der Waals surface area contributed by atoms with Gasteiger partial charge in [-0.2, -0.15) is 0 Å². The first-order chi connectivity index (χ1) is 14.3. The van der Waals surface area contributed by atoms with Crippen LogP contribution in [0.5, 0.6) is 11.5 Å². The summed E-state index contributed by atoms with van der Waals surface area (Å²) in [6.07, 6.45) is 0. The lowest BCUT2D eigenvalue weighted by molar-refractivity contribution is 0.102. The topological polar surface area (TPSA) is 93.7 Å². The van der Waals surface area contributed by atoms with E-state index < -0.39 is 10.0 Å². The average molecular weight is 447 g/mol. The quantitative estimate of drug-likeness (QED) is 0.560. The van der Waals surface area contributed by atoms with E-state index in [-0.39, 0.29) is 10.8 Å². The maximum Gasteiger partial charge on any atom is 0.261 e. The predicted octanol–water partition coefficient (Wildman–Crippen LogP) is 4.41. The predicted molar refractivity (Wildman–Crippen MR) is 116 cm³/mol. The van der Waals surface area contributed by atoms with Crippen molar-refractivity contribution in [3.8, 4) is 11.5 Å². The minimum atomic E-state index is -3.78. The second kappa shape index (κ2) is 9.06. The van der Waals surface area contributed by atoms with E-state index in [4.69, 9.17) is 21.1 Å². The smallest absolute Gasteiger partial charge is 0.261 e. The molecule has 0 aliphatic carbocycles. The molecule has 1 amide bonds. The van der Waals surface area contributed by atoms with Gasteiger partial charge in [-0.15, -0.1) is 0 Å². The van der Waals surface area contributed by atoms with E-state index in [0.717, 1.165) is 0 Å². The summed E-state index contributed by atoms with van der Waals surface area (Å²) in [4.78, 5) is 12.6. The first-order valence-electron chi connectivity index (χ1n) is 8.73. The van der Waals surface area contributed by atoms with Gasteiger partial charge >= 0.3 is 0 Å². The number of rotatable bonds is 7. The summed E-state index contributed by atoms with van der Waals surface area (Å²) in [6, 6.07) is 16.9. The molecular weight excluding hydrogens is 428 g/mol. The second-order valence-corrected chi connectivity index (χ2v) is 8.31. The molecule has 0 spiro atoms. The van der Waals surface area contributed by atoms with Crippen LogP contribution in [0.4, 0.5) is 11.4 Å². The molecule has 0 radical (unpaired) electrons. The Morgan fingerprint density at radius 1 is 0.833 bits per heavy atom. The summed E-state index contributed by atoms with van der Waals surface area (Å²) >= 11 is 5.81. The number of anilines is 2. The number of hydrogen-bond donors (Lipinski definition) is 2. The first kappa shape index (κ1) is 21.5. The summed E-state index contributed by atoms with van der Waals surface area (Å²) in [5, 5.41) is 3.22. The van der Waals surface area contributed by atoms with E-state index in [9.17, 15) is 13.2 Å². The Balaban J connectivity index is 1.74. The van der Waals surface area contributed by atoms with Gasteiger partial charge in [-0.3, -0.25) is 9.52 Å². The highest BCUT2D eigenvalue weighted by Crippen LogP contribution is 2.24. The normalized spacial score (nSPS) is 10.9. The number of carbonyl (C=O) groups excluding carboxylic acids is 1. The molecule has 3 rings (SSSR count). The number of hydrogen-bond acceptors (Lipinski definition) is 5. The molecule has 30 heavy (non-hydrogen) atoms. The van der Waals surface area contributed by atoms with Crippen LogP contribution >= 0.6 is 11.6 Å². The van der Waals surface area contributed by atoms with Gasteiger partial charge in [-0.1, -0.05) is 11.6 Å². The molecule has 7 nitrogen and oxygen atoms in total. The number of amides is 1. The summed E-state index contributed by atoms with van der Waals surface area (Å²) in [5.41, 5.74) is 1.17. The largest absolute Gasteiger partial charge is 0.497 e. The third-order valence-corrected chi connectivity index (χ3v) is 5.78. The van der Waals surface area contributed by atoms with E-state index in [1.807, 2.05) is 0 Å². The SMILES string of the molecule is COc1cc(OC)cc(C(=O)Nc2ccc(S(=O)(=O)Nc3ccc(Cl)cc3)cc2)c1. The number of halogens is 1. The van der Waals surface area contributed by atoms with Crippen LogP contribution in [0.15, 0.2) is 71.6 Å². The Morgan fingerprint density at radius 2 is 1.37 bits per heavy atom. The van der Waals surface area contributed by atoms with Crippen molar-refractivity contribution in [1.82, 2.24) is 0 Å². The molecule has 0 fully saturated rings. The summed E-state index contributed by atoms with van der Waals surface area (Å²) in [6.45, 7) is 0. The van der Waals surface area contributed by atoms with Gasteiger partial charge in [0.25, 0.3) is 15.9 Å². The Bertz CT molecular complexity index is 1120. The van der Waals surface area contributed by atoms with Crippen LogP contribution in [0.1, 0.15) is 10.4 Å². The fraction of sp³-hybridized carbons (Fsp3) is 0.0952. The van der Waals surface area contributed by atoms with Gasteiger partial charge in [0.2, 0.25) is 0 Å². The van der Waals surface area contributed by atoms with Gasteiger partial charge in [0.15, 0.2) is 0 Å². The number of carbonyl (C=O) groups is 1. The van der Waals surface area contributed by atoms with Crippen LogP contribution < -0.4 is 19.5 Å². The van der Waals surface area contributed by atoms with Crippen LogP contribution in [-0.2, 0) is 10.0 Å². The van der Waals surface area contributed by atoms with E-state index >= 15 is 0 Å². The zero-order valence-corrected chi connectivity index (χ0v) is 17.8. The molecule has 0 saturated carbocycles. The van der Waals surface area contributed by atoms with Crippen LogP contribution in [0.25, 0.3) is 0 Å². The van der Waals surface area contributed by atoms with Crippen molar-refractivity contribution in [2.75, 3.05) is 24.3 Å². The molecule has 3 aromatic rings. The Labute approximate surface area is 179 Å². The van der Waals surface area contributed by atoms with E-state index in [1.54, 1.807) is 42.5 Å². The molecule has 0 unspecified atom stereocenters. The minimum Gasteiger partial charge on any atom is -0.497 e. The van der Waals surface area contributed by atoms with Gasteiger partial charge in [0.05, 0.1) is 19.1 Å². The summed E-state index contributed by atoms with van der Waals surface area (Å²) in [7, 11) is -0.793. The molecule has 0 heterocycles. The van der Waals surface area contributed by atoms with Crippen molar-refractivity contribution in [3.63, 3.8) is 0 Å². The van der Waals surface area contributed by atoms with E-state index in [1.165, 1.54) is 38.5 Å². The minimum absolute atomic E-state index is 0.0542. The summed E-state index contributed by atoms with van der Waals surface area (Å²) < 4.78 is 37.8. The van der Waals surface area contributed by atoms with Crippen LogP contribution in [0.3, 0.4) is 0 Å². The first-order valence-corrected chi connectivity index (χ1v) is 10.6. The van der Waals surface area contributed by atoms with Crippen LogP contribution in [0.2, 0.25) is 5.02 Å². The lowest BCUT2D eigenvalue weighted by atomic mass is 10.2. The molecule has 0 aromatic heterocycles. The number of nitrogens with one attached hydrogen (secondary N) is 2. The van der Waals surface area contributed by atoms with Gasteiger partial charge in [0.1, 0.15) is 11.5 Å². The highest BCUT2D eigenvalue weighted by Gasteiger charge is 2.15. The average Bonchev–Trinajstić information content (AvgIpc) is 2.75. The molecule has 9 heteroatoms. The number of ether oxygens (including phenoxy) is 2. The Morgan fingerprint density at radius 3 is 1.90 bits per heavy atom. The molecule has 156 valence electrons. The van der Waals surface area contributed by atoms with Crippen molar-refractivity contribution in [3.05, 3.63) is 77.3 Å². The number of methoxy groups -OCH3 is 2. The molecule has 3 aromatic carbocycles. The van der Waals surface area contributed by atoms with Gasteiger partial charge in [-0.25, -0.2) is 8.42 Å². The van der Waals surface area contributed by atoms with Crippen molar-refractivity contribution in [1.29, 1.82) is 0 Å². The lowest BCUT2D eigenvalue weighted by Crippen LogP contribution is -2.14. The van der Waals surface area contributed by atoms with E-state index in [0.29, 0.717) is 33.5 Å². The van der Waals surface area contributed by atoms with Gasteiger partial charge in [0, 0.05) is 28.0 Å². The Hall–Kier alpha value is -3.23. The van der Waals surface area contributed by atoms with E-state index in [2.05, 4.69) is 10.0 Å². The van der Waals surface area contributed by atoms with Gasteiger partial charge in [-0.05, 0) is 60.7 Å². The van der Waals surface area contributed by atoms with Crippen LogP contribution in [0, 0.1) is 0 Å². The maximum atomic E-state index is 12.5. The van der Waals surface area contributed by atoms with Crippen LogP contribution in [-0.4, -0.2) is 28.5 Å². The summed E-state index contributed by atoms with van der Waals surface area (Å²) in [5.74, 6) is 0.575. The molecule has 0 saturated heterocycles. The Kier molecular flexibility index (Phi) is 6.49. The molecule has 0 aliphatic rings. The zero-order valence-electron chi connectivity index (χ0n) is 16.2. The monoisotopic (exact) mass is 446 g/mol. The fourth-order valence-electron chi connectivity index (χ4n) is 2.59. The highest BCUT2D eigenvalue weighted by molar-refractivity contribution is 7.92. The highest BCUT2D eigenvalue weighted by atomic mass is 35.5. The molecule has 0 atom stereocenters.